The van der Waals surface area contributed by atoms with Crippen molar-refractivity contribution in [3.63, 3.8) is 0 Å². The SMILES string of the molecule is CCC(C)NC(=O)CCNCC(O)c1ccccc1Cl. The molecule has 0 saturated carbocycles. The summed E-state index contributed by atoms with van der Waals surface area (Å²) in [4.78, 5) is 11.5. The number of amides is 1. The number of benzene rings is 1. The van der Waals surface area contributed by atoms with E-state index in [9.17, 15) is 9.90 Å². The van der Waals surface area contributed by atoms with Gasteiger partial charge in [0.05, 0.1) is 6.10 Å². The average Bonchev–Trinajstić information content (AvgIpc) is 2.43. The number of rotatable bonds is 8. The fourth-order valence-electron chi connectivity index (χ4n) is 1.75. The van der Waals surface area contributed by atoms with E-state index < -0.39 is 6.10 Å². The number of halogens is 1. The van der Waals surface area contributed by atoms with Gasteiger partial charge in [0.1, 0.15) is 0 Å². The third-order valence-electron chi connectivity index (χ3n) is 3.15. The second-order valence-corrected chi connectivity index (χ2v) is 5.28. The third-order valence-corrected chi connectivity index (χ3v) is 3.49. The Labute approximate surface area is 125 Å². The lowest BCUT2D eigenvalue weighted by Crippen LogP contribution is -2.34. The lowest BCUT2D eigenvalue weighted by Gasteiger charge is -2.14. The van der Waals surface area contributed by atoms with Gasteiger partial charge in [-0.2, -0.15) is 0 Å². The first kappa shape index (κ1) is 17.0. The highest BCUT2D eigenvalue weighted by Crippen LogP contribution is 2.21. The fourth-order valence-corrected chi connectivity index (χ4v) is 2.01. The van der Waals surface area contributed by atoms with Crippen LogP contribution in [0.1, 0.15) is 38.4 Å². The van der Waals surface area contributed by atoms with Crippen molar-refractivity contribution in [3.8, 4) is 0 Å². The minimum absolute atomic E-state index is 0.0269. The summed E-state index contributed by atoms with van der Waals surface area (Å²) in [5.41, 5.74) is 0.700. The summed E-state index contributed by atoms with van der Waals surface area (Å²) in [6.07, 6.45) is 0.658. The lowest BCUT2D eigenvalue weighted by atomic mass is 10.1. The maximum absolute atomic E-state index is 11.5. The maximum Gasteiger partial charge on any atom is 0.221 e. The van der Waals surface area contributed by atoms with E-state index in [1.807, 2.05) is 26.0 Å². The van der Waals surface area contributed by atoms with Crippen LogP contribution in [0.3, 0.4) is 0 Å². The van der Waals surface area contributed by atoms with Gasteiger partial charge in [-0.05, 0) is 19.4 Å². The Balaban J connectivity index is 2.24. The van der Waals surface area contributed by atoms with Crippen LogP contribution in [0.25, 0.3) is 0 Å². The van der Waals surface area contributed by atoms with E-state index in [0.29, 0.717) is 30.1 Å². The predicted octanol–water partition coefficient (Wildman–Crippen LogP) is 2.27. The molecule has 0 aliphatic heterocycles. The molecule has 1 rings (SSSR count). The van der Waals surface area contributed by atoms with E-state index in [1.54, 1.807) is 12.1 Å². The van der Waals surface area contributed by atoms with Crippen LogP contribution < -0.4 is 10.6 Å². The quantitative estimate of drug-likeness (QED) is 0.645. The van der Waals surface area contributed by atoms with Gasteiger partial charge in [0.25, 0.3) is 0 Å². The van der Waals surface area contributed by atoms with E-state index in [-0.39, 0.29) is 11.9 Å². The molecule has 1 aromatic carbocycles. The summed E-state index contributed by atoms with van der Waals surface area (Å²) in [6, 6.07) is 7.41. The zero-order chi connectivity index (χ0) is 15.0. The number of nitrogens with one attached hydrogen (secondary N) is 2. The molecule has 20 heavy (non-hydrogen) atoms. The van der Waals surface area contributed by atoms with Crippen molar-refractivity contribution in [2.45, 2.75) is 38.8 Å². The largest absolute Gasteiger partial charge is 0.387 e. The summed E-state index contributed by atoms with van der Waals surface area (Å²) >= 11 is 6.00. The summed E-state index contributed by atoms with van der Waals surface area (Å²) in [6.45, 7) is 4.92. The first-order valence-electron chi connectivity index (χ1n) is 6.97. The number of aliphatic hydroxyl groups excluding tert-OH is 1. The molecule has 0 saturated heterocycles. The second-order valence-electron chi connectivity index (χ2n) is 4.87. The molecular weight excluding hydrogens is 276 g/mol. The van der Waals surface area contributed by atoms with Gasteiger partial charge in [0.2, 0.25) is 5.91 Å². The lowest BCUT2D eigenvalue weighted by molar-refractivity contribution is -0.121. The Hall–Kier alpha value is -1.10. The highest BCUT2D eigenvalue weighted by atomic mass is 35.5. The Bertz CT molecular complexity index is 426. The van der Waals surface area contributed by atoms with Gasteiger partial charge in [-0.25, -0.2) is 0 Å². The van der Waals surface area contributed by atoms with Crippen LogP contribution in [-0.4, -0.2) is 30.1 Å². The van der Waals surface area contributed by atoms with Crippen molar-refractivity contribution in [2.75, 3.05) is 13.1 Å². The van der Waals surface area contributed by atoms with E-state index in [4.69, 9.17) is 11.6 Å². The van der Waals surface area contributed by atoms with Crippen LogP contribution >= 0.6 is 11.6 Å². The van der Waals surface area contributed by atoms with Crippen LogP contribution in [0.4, 0.5) is 0 Å². The first-order valence-corrected chi connectivity index (χ1v) is 7.35. The molecule has 0 heterocycles. The zero-order valence-corrected chi connectivity index (χ0v) is 12.8. The standard InChI is InChI=1S/C15H23ClN2O2/c1-3-11(2)18-15(20)8-9-17-10-14(19)12-6-4-5-7-13(12)16/h4-7,11,14,17,19H,3,8-10H2,1-2H3,(H,18,20). The number of hydrogen-bond donors (Lipinski definition) is 3. The summed E-state index contributed by atoms with van der Waals surface area (Å²) in [5.74, 6) is 0.0269. The van der Waals surface area contributed by atoms with Gasteiger partial charge in [-0.3, -0.25) is 4.79 Å². The molecular formula is C15H23ClN2O2. The highest BCUT2D eigenvalue weighted by Gasteiger charge is 2.11. The van der Waals surface area contributed by atoms with Gasteiger partial charge in [0.15, 0.2) is 0 Å². The Morgan fingerprint density at radius 2 is 2.10 bits per heavy atom. The average molecular weight is 299 g/mol. The summed E-state index contributed by atoms with van der Waals surface area (Å²) in [5, 5.41) is 16.5. The molecule has 0 aliphatic rings. The van der Waals surface area contributed by atoms with Gasteiger partial charge in [-0.15, -0.1) is 0 Å². The molecule has 2 unspecified atom stereocenters. The van der Waals surface area contributed by atoms with Gasteiger partial charge in [-0.1, -0.05) is 36.7 Å². The molecule has 1 aromatic rings. The van der Waals surface area contributed by atoms with Crippen molar-refractivity contribution < 1.29 is 9.90 Å². The molecule has 0 aromatic heterocycles. The molecule has 0 aliphatic carbocycles. The van der Waals surface area contributed by atoms with Gasteiger partial charge >= 0.3 is 0 Å². The van der Waals surface area contributed by atoms with Crippen molar-refractivity contribution in [1.82, 2.24) is 10.6 Å². The number of hydrogen-bond acceptors (Lipinski definition) is 3. The predicted molar refractivity (Wildman–Crippen MR) is 81.8 cm³/mol. The molecule has 5 heteroatoms. The van der Waals surface area contributed by atoms with Crippen molar-refractivity contribution in [2.24, 2.45) is 0 Å². The molecule has 2 atom stereocenters. The van der Waals surface area contributed by atoms with Crippen LogP contribution in [0.2, 0.25) is 5.02 Å². The smallest absolute Gasteiger partial charge is 0.221 e. The number of carbonyl (C=O) groups excluding carboxylic acids is 1. The fraction of sp³-hybridized carbons (Fsp3) is 0.533. The van der Waals surface area contributed by atoms with E-state index in [1.165, 1.54) is 0 Å². The molecule has 3 N–H and O–H groups in total. The molecule has 0 bridgehead atoms. The Morgan fingerprint density at radius 3 is 2.75 bits per heavy atom. The third kappa shape index (κ3) is 5.90. The summed E-state index contributed by atoms with van der Waals surface area (Å²) < 4.78 is 0. The van der Waals surface area contributed by atoms with Crippen molar-refractivity contribution >= 4 is 17.5 Å². The van der Waals surface area contributed by atoms with Crippen LogP contribution in [0.5, 0.6) is 0 Å². The zero-order valence-electron chi connectivity index (χ0n) is 12.0. The van der Waals surface area contributed by atoms with Gasteiger partial charge < -0.3 is 15.7 Å². The molecule has 0 radical (unpaired) electrons. The number of aliphatic hydroxyl groups is 1. The van der Waals surface area contributed by atoms with Crippen molar-refractivity contribution in [3.05, 3.63) is 34.9 Å². The van der Waals surface area contributed by atoms with Crippen LogP contribution in [0.15, 0.2) is 24.3 Å². The maximum atomic E-state index is 11.5. The van der Waals surface area contributed by atoms with Crippen LogP contribution in [-0.2, 0) is 4.79 Å². The molecule has 0 spiro atoms. The minimum Gasteiger partial charge on any atom is -0.387 e. The van der Waals surface area contributed by atoms with Crippen molar-refractivity contribution in [1.29, 1.82) is 0 Å². The van der Waals surface area contributed by atoms with Crippen LogP contribution in [0, 0.1) is 0 Å². The highest BCUT2D eigenvalue weighted by molar-refractivity contribution is 6.31. The molecule has 112 valence electrons. The number of carbonyl (C=O) groups is 1. The van der Waals surface area contributed by atoms with E-state index in [0.717, 1.165) is 6.42 Å². The first-order chi connectivity index (χ1) is 9.54. The topological polar surface area (TPSA) is 61.4 Å². The van der Waals surface area contributed by atoms with Gasteiger partial charge in [0, 0.05) is 36.1 Å². The normalized spacial score (nSPS) is 13.8. The van der Waals surface area contributed by atoms with E-state index in [2.05, 4.69) is 10.6 Å². The molecule has 1 amide bonds. The minimum atomic E-state index is -0.665. The summed E-state index contributed by atoms with van der Waals surface area (Å²) in [7, 11) is 0. The van der Waals surface area contributed by atoms with E-state index >= 15 is 0 Å². The Morgan fingerprint density at radius 1 is 1.40 bits per heavy atom. The molecule has 0 fully saturated rings. The molecule has 4 nitrogen and oxygen atoms in total. The second kappa shape index (κ2) is 8.95. The monoisotopic (exact) mass is 298 g/mol. The Kier molecular flexibility index (Phi) is 7.59.